The number of nitrogens with zero attached hydrogens (tertiary/aromatic N) is 2. The van der Waals surface area contributed by atoms with Crippen LogP contribution in [0.5, 0.6) is 0 Å². The summed E-state index contributed by atoms with van der Waals surface area (Å²) < 4.78 is 55.0. The standard InChI is InChI=1S/C25H23ClF4N2O/c1-2-32-15-24(12-22(32)33)14-23(24,8-7-16-3-4-17(13-31)21(26)9-16)11-18-10-19(27)5-6-20(18)25(28,29)30/h3-6,9-10H,2,7-8,11-12,14-15H2,1H3/t23?,24-/m0/s1. The van der Waals surface area contributed by atoms with E-state index < -0.39 is 28.4 Å². The number of benzene rings is 2. The first kappa shape index (κ1) is 23.6. The Labute approximate surface area is 195 Å². The molecule has 0 N–H and O–H groups in total. The van der Waals surface area contributed by atoms with Crippen molar-refractivity contribution in [3.63, 3.8) is 0 Å². The van der Waals surface area contributed by atoms with Crippen LogP contribution in [-0.2, 0) is 23.8 Å². The molecule has 1 amide bonds. The number of hydrogen-bond acceptors (Lipinski definition) is 2. The topological polar surface area (TPSA) is 44.1 Å². The third-order valence-corrected chi connectivity index (χ3v) is 7.65. The van der Waals surface area contributed by atoms with E-state index in [1.165, 1.54) is 0 Å². The molecule has 8 heteroatoms. The van der Waals surface area contributed by atoms with E-state index in [1.54, 1.807) is 23.1 Å². The molecule has 2 aliphatic rings. The lowest BCUT2D eigenvalue weighted by atomic mass is 9.80. The van der Waals surface area contributed by atoms with Gasteiger partial charge in [-0.15, -0.1) is 0 Å². The second-order valence-electron chi connectivity index (χ2n) is 9.22. The Kier molecular flexibility index (Phi) is 5.94. The lowest BCUT2D eigenvalue weighted by Crippen LogP contribution is -2.26. The van der Waals surface area contributed by atoms with Crippen molar-refractivity contribution < 1.29 is 22.4 Å². The first-order chi connectivity index (χ1) is 15.5. The Morgan fingerprint density at radius 1 is 1.21 bits per heavy atom. The van der Waals surface area contributed by atoms with Crippen molar-refractivity contribution in [2.45, 2.75) is 45.2 Å². The minimum atomic E-state index is -4.59. The molecule has 4 rings (SSSR count). The molecular formula is C25H23ClF4N2O. The van der Waals surface area contributed by atoms with Crippen LogP contribution in [0, 0.1) is 28.0 Å². The molecule has 1 spiro atoms. The molecule has 1 heterocycles. The van der Waals surface area contributed by atoms with Crippen LogP contribution in [0.3, 0.4) is 0 Å². The molecule has 33 heavy (non-hydrogen) atoms. The van der Waals surface area contributed by atoms with Gasteiger partial charge in [0.15, 0.2) is 0 Å². The molecule has 2 aromatic carbocycles. The molecule has 2 fully saturated rings. The number of likely N-dealkylation sites (tertiary alicyclic amines) is 1. The lowest BCUT2D eigenvalue weighted by Gasteiger charge is -2.25. The maximum absolute atomic E-state index is 14.0. The number of rotatable bonds is 6. The minimum absolute atomic E-state index is 0.0103. The molecule has 1 aliphatic heterocycles. The molecular weight excluding hydrogens is 456 g/mol. The molecule has 0 aromatic heterocycles. The second kappa shape index (κ2) is 8.32. The van der Waals surface area contributed by atoms with Gasteiger partial charge < -0.3 is 4.90 Å². The summed E-state index contributed by atoms with van der Waals surface area (Å²) in [6.07, 6.45) is -2.56. The van der Waals surface area contributed by atoms with Gasteiger partial charge in [-0.05, 0) is 79.5 Å². The lowest BCUT2D eigenvalue weighted by molar-refractivity contribution is -0.138. The monoisotopic (exact) mass is 478 g/mol. The van der Waals surface area contributed by atoms with Crippen LogP contribution in [0.1, 0.15) is 48.4 Å². The van der Waals surface area contributed by atoms with E-state index in [9.17, 15) is 22.4 Å². The van der Waals surface area contributed by atoms with Crippen LogP contribution in [0.4, 0.5) is 17.6 Å². The van der Waals surface area contributed by atoms with Crippen molar-refractivity contribution in [2.75, 3.05) is 13.1 Å². The van der Waals surface area contributed by atoms with Gasteiger partial charge in [-0.3, -0.25) is 4.79 Å². The predicted molar refractivity (Wildman–Crippen MR) is 116 cm³/mol. The van der Waals surface area contributed by atoms with Gasteiger partial charge in [0.25, 0.3) is 0 Å². The van der Waals surface area contributed by atoms with Crippen LogP contribution < -0.4 is 0 Å². The summed E-state index contributed by atoms with van der Waals surface area (Å²) in [5.41, 5.74) is -0.644. The maximum Gasteiger partial charge on any atom is 0.416 e. The molecule has 174 valence electrons. The van der Waals surface area contributed by atoms with Gasteiger partial charge in [0.05, 0.1) is 16.1 Å². The Morgan fingerprint density at radius 2 is 1.97 bits per heavy atom. The Hall–Kier alpha value is -2.59. The summed E-state index contributed by atoms with van der Waals surface area (Å²) in [5, 5.41) is 9.40. The highest BCUT2D eigenvalue weighted by Gasteiger charge is 2.69. The average molecular weight is 479 g/mol. The van der Waals surface area contributed by atoms with Crippen molar-refractivity contribution in [1.82, 2.24) is 4.90 Å². The molecule has 1 saturated carbocycles. The summed E-state index contributed by atoms with van der Waals surface area (Å²) in [4.78, 5) is 14.3. The molecule has 1 unspecified atom stereocenters. The largest absolute Gasteiger partial charge is 0.416 e. The van der Waals surface area contributed by atoms with Gasteiger partial charge in [-0.1, -0.05) is 17.7 Å². The number of hydrogen-bond donors (Lipinski definition) is 0. The summed E-state index contributed by atoms with van der Waals surface area (Å²) in [7, 11) is 0. The number of alkyl halides is 3. The highest BCUT2D eigenvalue weighted by atomic mass is 35.5. The van der Waals surface area contributed by atoms with E-state index in [0.29, 0.717) is 49.4 Å². The number of carbonyl (C=O) groups excluding carboxylic acids is 1. The quantitative estimate of drug-likeness (QED) is 0.466. The van der Waals surface area contributed by atoms with E-state index in [0.717, 1.165) is 23.8 Å². The van der Waals surface area contributed by atoms with Gasteiger partial charge in [0, 0.05) is 24.9 Å². The van der Waals surface area contributed by atoms with Crippen LogP contribution in [0.25, 0.3) is 0 Å². The van der Waals surface area contributed by atoms with E-state index in [-0.39, 0.29) is 17.9 Å². The highest BCUT2D eigenvalue weighted by molar-refractivity contribution is 6.31. The third kappa shape index (κ3) is 4.33. The third-order valence-electron chi connectivity index (χ3n) is 7.34. The molecule has 3 nitrogen and oxygen atoms in total. The Morgan fingerprint density at radius 3 is 2.58 bits per heavy atom. The van der Waals surface area contributed by atoms with Crippen molar-refractivity contribution >= 4 is 17.5 Å². The number of carbonyl (C=O) groups is 1. The summed E-state index contributed by atoms with van der Waals surface area (Å²) in [6, 6.07) is 9.72. The fourth-order valence-corrected chi connectivity index (χ4v) is 5.75. The number of halogens is 5. The summed E-state index contributed by atoms with van der Waals surface area (Å²) in [6.45, 7) is 2.94. The number of amides is 1. The Bertz CT molecular complexity index is 1140. The predicted octanol–water partition coefficient (Wildman–Crippen LogP) is 6.17. The van der Waals surface area contributed by atoms with Crippen LogP contribution in [0.15, 0.2) is 36.4 Å². The molecule has 0 bridgehead atoms. The van der Waals surface area contributed by atoms with Crippen LogP contribution in [-0.4, -0.2) is 23.9 Å². The van der Waals surface area contributed by atoms with E-state index in [4.69, 9.17) is 16.9 Å². The molecule has 1 saturated heterocycles. The van der Waals surface area contributed by atoms with Crippen molar-refractivity contribution in [3.05, 3.63) is 69.5 Å². The van der Waals surface area contributed by atoms with Gasteiger partial charge in [0.2, 0.25) is 5.91 Å². The van der Waals surface area contributed by atoms with Crippen molar-refractivity contribution in [2.24, 2.45) is 10.8 Å². The SMILES string of the molecule is CCN1C[C@]2(CC1=O)CC2(CCc1ccc(C#N)c(Cl)c1)Cc1cc(F)ccc1C(F)(F)F. The smallest absolute Gasteiger partial charge is 0.342 e. The van der Waals surface area contributed by atoms with Gasteiger partial charge in [0.1, 0.15) is 11.9 Å². The number of aryl methyl sites for hydroxylation is 1. The normalized spacial score (nSPS) is 24.4. The summed E-state index contributed by atoms with van der Waals surface area (Å²) >= 11 is 6.15. The molecule has 0 radical (unpaired) electrons. The fraction of sp³-hybridized carbons (Fsp3) is 0.440. The first-order valence-electron chi connectivity index (χ1n) is 10.8. The van der Waals surface area contributed by atoms with Gasteiger partial charge in [-0.2, -0.15) is 18.4 Å². The molecule has 2 atom stereocenters. The van der Waals surface area contributed by atoms with Crippen LogP contribution >= 0.6 is 11.6 Å². The van der Waals surface area contributed by atoms with Crippen molar-refractivity contribution in [1.29, 1.82) is 5.26 Å². The number of nitriles is 1. The van der Waals surface area contributed by atoms with Gasteiger partial charge in [-0.25, -0.2) is 4.39 Å². The molecule has 2 aromatic rings. The zero-order valence-corrected chi connectivity index (χ0v) is 18.9. The zero-order valence-electron chi connectivity index (χ0n) is 18.1. The van der Waals surface area contributed by atoms with Gasteiger partial charge >= 0.3 is 6.18 Å². The van der Waals surface area contributed by atoms with E-state index in [2.05, 4.69) is 0 Å². The fourth-order valence-electron chi connectivity index (χ4n) is 5.51. The average Bonchev–Trinajstić information content (AvgIpc) is 3.19. The second-order valence-corrected chi connectivity index (χ2v) is 9.63. The maximum atomic E-state index is 14.0. The van der Waals surface area contributed by atoms with Crippen LogP contribution in [0.2, 0.25) is 5.02 Å². The van der Waals surface area contributed by atoms with Crippen molar-refractivity contribution in [3.8, 4) is 6.07 Å². The minimum Gasteiger partial charge on any atom is -0.342 e. The molecule has 1 aliphatic carbocycles. The first-order valence-corrected chi connectivity index (χ1v) is 11.2. The highest BCUT2D eigenvalue weighted by Crippen LogP contribution is 2.72. The zero-order chi connectivity index (χ0) is 24.0. The Balaban J connectivity index is 1.66. The van der Waals surface area contributed by atoms with E-state index >= 15 is 0 Å². The van der Waals surface area contributed by atoms with E-state index in [1.807, 2.05) is 13.0 Å². The summed E-state index contributed by atoms with van der Waals surface area (Å²) in [5.74, 6) is -0.699.